The van der Waals surface area contributed by atoms with Gasteiger partial charge in [0.05, 0.1) is 17.8 Å². The Balaban J connectivity index is 2.05. The van der Waals surface area contributed by atoms with Crippen molar-refractivity contribution < 1.29 is 4.74 Å². The third kappa shape index (κ3) is 2.22. The van der Waals surface area contributed by atoms with Crippen LogP contribution in [0.2, 0.25) is 0 Å². The number of thiophene rings is 1. The van der Waals surface area contributed by atoms with Crippen molar-refractivity contribution in [2.75, 3.05) is 11.6 Å². The highest BCUT2D eigenvalue weighted by Crippen LogP contribution is 2.43. The molecule has 3 rings (SSSR count). The third-order valence-electron chi connectivity index (χ3n) is 4.04. The van der Waals surface area contributed by atoms with Crippen molar-refractivity contribution in [3.8, 4) is 0 Å². The summed E-state index contributed by atoms with van der Waals surface area (Å²) >= 11 is 3.42. The number of aliphatic imine (C=N–C) groups is 1. The van der Waals surface area contributed by atoms with E-state index < -0.39 is 0 Å². The van der Waals surface area contributed by atoms with Gasteiger partial charge in [-0.1, -0.05) is 6.92 Å². The Bertz CT molecular complexity index is 557. The highest BCUT2D eigenvalue weighted by Gasteiger charge is 2.36. The van der Waals surface area contributed by atoms with Crippen molar-refractivity contribution in [2.24, 2.45) is 10.8 Å². The van der Waals surface area contributed by atoms with E-state index in [2.05, 4.69) is 29.6 Å². The lowest BCUT2D eigenvalue weighted by atomic mass is 9.89. The summed E-state index contributed by atoms with van der Waals surface area (Å²) in [5.41, 5.74) is 5.18. The Morgan fingerprint density at radius 1 is 1.65 bits per heavy atom. The molecule has 0 saturated carbocycles. The summed E-state index contributed by atoms with van der Waals surface area (Å²) in [5, 5.41) is 4.61. The van der Waals surface area contributed by atoms with Crippen LogP contribution in [0.25, 0.3) is 0 Å². The molecule has 0 aliphatic carbocycles. The molecule has 0 unspecified atom stereocenters. The molecule has 0 aromatic carbocycles. The number of nitrogens with one attached hydrogen (secondary N) is 2. The van der Waals surface area contributed by atoms with Crippen molar-refractivity contribution >= 4 is 33.9 Å². The van der Waals surface area contributed by atoms with Gasteiger partial charge < -0.3 is 15.5 Å². The second kappa shape index (κ2) is 5.22. The number of ether oxygens (including phenoxy) is 1. The van der Waals surface area contributed by atoms with Crippen LogP contribution in [0, 0.1) is 0 Å². The molecule has 2 atom stereocenters. The van der Waals surface area contributed by atoms with Crippen LogP contribution in [0.5, 0.6) is 0 Å². The summed E-state index contributed by atoms with van der Waals surface area (Å²) in [6.45, 7) is 5.02. The molecule has 4 N–H and O–H groups in total. The maximum absolute atomic E-state index is 6.03. The van der Waals surface area contributed by atoms with Crippen LogP contribution in [0.1, 0.15) is 36.3 Å². The summed E-state index contributed by atoms with van der Waals surface area (Å²) in [5.74, 6) is 6.47. The van der Waals surface area contributed by atoms with Gasteiger partial charge in [0, 0.05) is 11.3 Å². The van der Waals surface area contributed by atoms with Gasteiger partial charge in [0.15, 0.2) is 5.50 Å². The first kappa shape index (κ1) is 14.2. The minimum atomic E-state index is -0.0854. The molecule has 2 aliphatic heterocycles. The topological polar surface area (TPSA) is 71.7 Å². The molecule has 3 heterocycles. The number of hydrogen-bond acceptors (Lipinski definition) is 7. The molecule has 0 spiro atoms. The van der Waals surface area contributed by atoms with Gasteiger partial charge in [-0.05, 0) is 25.2 Å². The van der Waals surface area contributed by atoms with Crippen LogP contribution in [-0.4, -0.2) is 23.2 Å². The van der Waals surface area contributed by atoms with Crippen LogP contribution in [0.3, 0.4) is 0 Å². The predicted octanol–water partition coefficient (Wildman–Crippen LogP) is 2.27. The van der Waals surface area contributed by atoms with Crippen molar-refractivity contribution in [1.82, 2.24) is 5.43 Å². The first-order valence-electron chi connectivity index (χ1n) is 6.73. The molecule has 0 fully saturated rings. The zero-order valence-corrected chi connectivity index (χ0v) is 13.6. The Labute approximate surface area is 127 Å². The summed E-state index contributed by atoms with van der Waals surface area (Å²) in [6.07, 6.45) is 3.95. The molecule has 7 heteroatoms. The number of rotatable bonds is 2. The van der Waals surface area contributed by atoms with Crippen molar-refractivity contribution in [2.45, 2.75) is 44.4 Å². The van der Waals surface area contributed by atoms with E-state index in [-0.39, 0.29) is 11.1 Å². The average Bonchev–Trinajstić information content (AvgIpc) is 2.83. The number of anilines is 1. The molecule has 0 bridgehead atoms. The minimum Gasteiger partial charge on any atom is -0.369 e. The summed E-state index contributed by atoms with van der Waals surface area (Å²) < 4.78 is 6.03. The molecule has 0 amide bonds. The van der Waals surface area contributed by atoms with Gasteiger partial charge in [-0.3, -0.25) is 0 Å². The number of nitrogens with two attached hydrogens (primary N) is 1. The summed E-state index contributed by atoms with van der Waals surface area (Å²) in [6, 6.07) is 0. The summed E-state index contributed by atoms with van der Waals surface area (Å²) in [7, 11) is 0. The zero-order valence-electron chi connectivity index (χ0n) is 11.9. The van der Waals surface area contributed by atoms with Crippen LogP contribution in [-0.2, 0) is 17.8 Å². The summed E-state index contributed by atoms with van der Waals surface area (Å²) in [4.78, 5) is 5.90. The van der Waals surface area contributed by atoms with E-state index in [0.29, 0.717) is 6.61 Å². The van der Waals surface area contributed by atoms with E-state index in [1.165, 1.54) is 10.4 Å². The van der Waals surface area contributed by atoms with Gasteiger partial charge in [0.1, 0.15) is 10.8 Å². The number of hydrazine groups is 1. The first-order valence-corrected chi connectivity index (χ1v) is 8.83. The Kier molecular flexibility index (Phi) is 3.70. The molecule has 110 valence electrons. The van der Waals surface area contributed by atoms with Crippen molar-refractivity contribution in [3.05, 3.63) is 16.0 Å². The van der Waals surface area contributed by atoms with E-state index >= 15 is 0 Å². The van der Waals surface area contributed by atoms with Crippen LogP contribution in [0.4, 0.5) is 5.00 Å². The molecule has 0 radical (unpaired) electrons. The van der Waals surface area contributed by atoms with Gasteiger partial charge in [-0.2, -0.15) is 0 Å². The lowest BCUT2D eigenvalue weighted by Gasteiger charge is -2.33. The number of nitrogens with zero attached hydrogens (tertiary/aromatic N) is 1. The van der Waals surface area contributed by atoms with E-state index in [1.54, 1.807) is 23.1 Å². The van der Waals surface area contributed by atoms with E-state index in [1.807, 2.05) is 6.26 Å². The lowest BCUT2D eigenvalue weighted by molar-refractivity contribution is -0.0546. The van der Waals surface area contributed by atoms with Gasteiger partial charge in [0.25, 0.3) is 0 Å². The SMILES string of the molecule is CC[C@]1(C)Cc2c(sc3c2C(NN)=N[C@H](SC)N3)CO1. The van der Waals surface area contributed by atoms with E-state index in [9.17, 15) is 0 Å². The Morgan fingerprint density at radius 3 is 3.10 bits per heavy atom. The van der Waals surface area contributed by atoms with Crippen LogP contribution in [0.15, 0.2) is 4.99 Å². The monoisotopic (exact) mass is 312 g/mol. The molecule has 1 aromatic rings. The largest absolute Gasteiger partial charge is 0.369 e. The molecule has 20 heavy (non-hydrogen) atoms. The van der Waals surface area contributed by atoms with Gasteiger partial charge >= 0.3 is 0 Å². The van der Waals surface area contributed by atoms with Crippen molar-refractivity contribution in [3.63, 3.8) is 0 Å². The fraction of sp³-hybridized carbons (Fsp3) is 0.615. The molecule has 2 aliphatic rings. The second-order valence-electron chi connectivity index (χ2n) is 5.33. The molecular weight excluding hydrogens is 292 g/mol. The van der Waals surface area contributed by atoms with Gasteiger partial charge in [-0.25, -0.2) is 10.8 Å². The van der Waals surface area contributed by atoms with Gasteiger partial charge in [0.2, 0.25) is 0 Å². The fourth-order valence-corrected chi connectivity index (χ4v) is 4.28. The second-order valence-corrected chi connectivity index (χ2v) is 7.35. The Morgan fingerprint density at radius 2 is 2.45 bits per heavy atom. The van der Waals surface area contributed by atoms with Crippen LogP contribution >= 0.6 is 23.1 Å². The highest BCUT2D eigenvalue weighted by molar-refractivity contribution is 7.99. The first-order chi connectivity index (χ1) is 9.60. The normalized spacial score (nSPS) is 28.2. The average molecular weight is 312 g/mol. The van der Waals surface area contributed by atoms with E-state index in [4.69, 9.17) is 10.6 Å². The zero-order chi connectivity index (χ0) is 14.3. The number of fused-ring (bicyclic) bond motifs is 3. The molecule has 0 saturated heterocycles. The number of hydrogen-bond donors (Lipinski definition) is 3. The maximum atomic E-state index is 6.03. The quantitative estimate of drug-likeness (QED) is 0.577. The predicted molar refractivity (Wildman–Crippen MR) is 86.3 cm³/mol. The number of amidine groups is 1. The smallest absolute Gasteiger partial charge is 0.169 e. The van der Waals surface area contributed by atoms with Crippen LogP contribution < -0.4 is 16.6 Å². The lowest BCUT2D eigenvalue weighted by Crippen LogP contribution is -2.39. The standard InChI is InChI=1S/C13H20N4OS2/c1-4-13(2)5-7-8(6-18-13)20-11-9(7)10(17-14)15-12(16-11)19-3/h12,16H,4-6,14H2,1-3H3,(H,15,17)/t12-,13+/m0/s1. The van der Waals surface area contributed by atoms with E-state index in [0.717, 1.165) is 29.2 Å². The number of thioether (sulfide) groups is 1. The Hall–Kier alpha value is -0.760. The fourth-order valence-electron chi connectivity index (χ4n) is 2.61. The van der Waals surface area contributed by atoms with Crippen molar-refractivity contribution in [1.29, 1.82) is 0 Å². The maximum Gasteiger partial charge on any atom is 0.169 e. The molecule has 5 nitrogen and oxygen atoms in total. The minimum absolute atomic E-state index is 0.0205. The highest BCUT2D eigenvalue weighted by atomic mass is 32.2. The third-order valence-corrected chi connectivity index (χ3v) is 5.85. The molecular formula is C13H20N4OS2. The molecule has 1 aromatic heterocycles. The van der Waals surface area contributed by atoms with Gasteiger partial charge in [-0.15, -0.1) is 23.1 Å².